The van der Waals surface area contributed by atoms with Gasteiger partial charge in [0.25, 0.3) is 0 Å². The van der Waals surface area contributed by atoms with Crippen molar-refractivity contribution in [3.63, 3.8) is 0 Å². The number of rotatable bonds is 5. The van der Waals surface area contributed by atoms with Crippen molar-refractivity contribution in [3.05, 3.63) is 63.7 Å². The molecule has 31 heavy (non-hydrogen) atoms. The number of aromatic nitrogens is 2. The number of piperidine rings is 1. The van der Waals surface area contributed by atoms with E-state index in [1.807, 2.05) is 0 Å². The first-order chi connectivity index (χ1) is 15.2. The maximum absolute atomic E-state index is 14.3. The van der Waals surface area contributed by atoms with Gasteiger partial charge < -0.3 is 9.64 Å². The number of hydrogen-bond acceptors (Lipinski definition) is 6. The van der Waals surface area contributed by atoms with Gasteiger partial charge in [0, 0.05) is 44.0 Å². The van der Waals surface area contributed by atoms with Gasteiger partial charge in [0.1, 0.15) is 0 Å². The minimum atomic E-state index is -0.380. The van der Waals surface area contributed by atoms with Gasteiger partial charge in [0.15, 0.2) is 11.6 Å². The molecule has 5 rings (SSSR count). The van der Waals surface area contributed by atoms with E-state index in [2.05, 4.69) is 34.2 Å². The fourth-order valence-electron chi connectivity index (χ4n) is 4.25. The Morgan fingerprint density at radius 2 is 1.94 bits per heavy atom. The molecule has 1 aromatic carbocycles. The van der Waals surface area contributed by atoms with Crippen LogP contribution in [0.3, 0.4) is 0 Å². The van der Waals surface area contributed by atoms with E-state index in [4.69, 9.17) is 14.7 Å². The van der Waals surface area contributed by atoms with Gasteiger partial charge >= 0.3 is 0 Å². The fourth-order valence-corrected chi connectivity index (χ4v) is 5.00. The van der Waals surface area contributed by atoms with Crippen molar-refractivity contribution in [1.82, 2.24) is 14.9 Å². The molecule has 0 amide bonds. The first kappa shape index (κ1) is 20.4. The quantitative estimate of drug-likeness (QED) is 0.543. The third-order valence-electron chi connectivity index (χ3n) is 6.16. The van der Waals surface area contributed by atoms with Gasteiger partial charge in [-0.3, -0.25) is 4.90 Å². The molecule has 0 unspecified atom stereocenters. The number of halogens is 1. The van der Waals surface area contributed by atoms with Crippen molar-refractivity contribution in [1.29, 1.82) is 0 Å². The summed E-state index contributed by atoms with van der Waals surface area (Å²) in [5, 5.41) is 2.11. The van der Waals surface area contributed by atoms with Crippen molar-refractivity contribution in [2.45, 2.75) is 39.3 Å². The summed E-state index contributed by atoms with van der Waals surface area (Å²) < 4.78 is 20.4. The molecule has 1 saturated heterocycles. The summed E-state index contributed by atoms with van der Waals surface area (Å²) in [6.07, 6.45) is 3.12. The molecule has 0 N–H and O–H groups in total. The summed E-state index contributed by atoms with van der Waals surface area (Å²) in [6, 6.07) is 10.8. The van der Waals surface area contributed by atoms with Crippen LogP contribution < -0.4 is 9.64 Å². The lowest BCUT2D eigenvalue weighted by Gasteiger charge is -2.33. The molecule has 3 aromatic rings. The summed E-state index contributed by atoms with van der Waals surface area (Å²) >= 11 is 1.77. The van der Waals surface area contributed by atoms with Gasteiger partial charge in [-0.2, -0.15) is 4.98 Å². The molecule has 2 aliphatic rings. The number of para-hydroxylation sites is 1. The molecule has 4 heterocycles. The second-order valence-electron chi connectivity index (χ2n) is 8.50. The van der Waals surface area contributed by atoms with Crippen LogP contribution in [0.1, 0.15) is 35.9 Å². The lowest BCUT2D eigenvalue weighted by molar-refractivity contribution is 0.239. The Labute approximate surface area is 186 Å². The molecule has 0 spiro atoms. The maximum atomic E-state index is 14.3. The standard InChI is InChI=1S/C24H27FN4OS/c1-17-8-12-29(13-9-17)24-26-21-10-11-28(15-18-5-4-14-31-18)16-19(21)23(27-24)30-22-7-3-2-6-20(22)25/h2-7,14,17H,8-13,15-16H2,1H3. The Bertz CT molecular complexity index is 1030. The molecule has 5 nitrogen and oxygen atoms in total. The van der Waals surface area contributed by atoms with Crippen LogP contribution in [-0.4, -0.2) is 34.5 Å². The maximum Gasteiger partial charge on any atom is 0.229 e. The van der Waals surface area contributed by atoms with E-state index in [0.717, 1.165) is 62.6 Å². The van der Waals surface area contributed by atoms with E-state index < -0.39 is 0 Å². The Morgan fingerprint density at radius 3 is 2.71 bits per heavy atom. The molecule has 0 bridgehead atoms. The zero-order valence-corrected chi connectivity index (χ0v) is 18.6. The van der Waals surface area contributed by atoms with Crippen LogP contribution in [0.15, 0.2) is 41.8 Å². The summed E-state index contributed by atoms with van der Waals surface area (Å²) in [6.45, 7) is 6.72. The van der Waals surface area contributed by atoms with Crippen molar-refractivity contribution < 1.29 is 9.13 Å². The normalized spacial score (nSPS) is 17.5. The first-order valence-corrected chi connectivity index (χ1v) is 11.9. The van der Waals surface area contributed by atoms with Gasteiger partial charge in [0.2, 0.25) is 11.8 Å². The highest BCUT2D eigenvalue weighted by Crippen LogP contribution is 2.33. The van der Waals surface area contributed by atoms with Crippen molar-refractivity contribution in [2.24, 2.45) is 5.92 Å². The smallest absolute Gasteiger partial charge is 0.229 e. The van der Waals surface area contributed by atoms with E-state index >= 15 is 0 Å². The van der Waals surface area contributed by atoms with Crippen LogP contribution in [0, 0.1) is 11.7 Å². The Morgan fingerprint density at radius 1 is 1.10 bits per heavy atom. The monoisotopic (exact) mass is 438 g/mol. The van der Waals surface area contributed by atoms with Crippen molar-refractivity contribution in [2.75, 3.05) is 24.5 Å². The zero-order valence-electron chi connectivity index (χ0n) is 17.8. The number of thiophene rings is 1. The lowest BCUT2D eigenvalue weighted by Crippen LogP contribution is -2.36. The molecule has 2 aromatic heterocycles. The molecule has 0 radical (unpaired) electrons. The molecule has 0 atom stereocenters. The van der Waals surface area contributed by atoms with Gasteiger partial charge in [0.05, 0.1) is 11.3 Å². The second-order valence-corrected chi connectivity index (χ2v) is 9.53. The SMILES string of the molecule is CC1CCN(c2nc3c(c(Oc4ccccc4F)n2)CN(Cc2cccs2)CC3)CC1. The molecule has 0 saturated carbocycles. The van der Waals surface area contributed by atoms with E-state index in [1.54, 1.807) is 29.5 Å². The second kappa shape index (κ2) is 8.93. The molecular weight excluding hydrogens is 411 g/mol. The van der Waals surface area contributed by atoms with Crippen molar-refractivity contribution >= 4 is 17.3 Å². The van der Waals surface area contributed by atoms with Gasteiger partial charge in [-0.15, -0.1) is 11.3 Å². The highest BCUT2D eigenvalue weighted by molar-refractivity contribution is 7.09. The predicted octanol–water partition coefficient (Wildman–Crippen LogP) is 5.26. The van der Waals surface area contributed by atoms with Crippen LogP contribution in [-0.2, 0) is 19.5 Å². The number of anilines is 1. The number of hydrogen-bond donors (Lipinski definition) is 0. The average Bonchev–Trinajstić information content (AvgIpc) is 3.29. The van der Waals surface area contributed by atoms with Crippen molar-refractivity contribution in [3.8, 4) is 11.6 Å². The minimum Gasteiger partial charge on any atom is -0.435 e. The lowest BCUT2D eigenvalue weighted by atomic mass is 9.99. The zero-order chi connectivity index (χ0) is 21.2. The third kappa shape index (κ3) is 4.57. The van der Waals surface area contributed by atoms with Gasteiger partial charge in [-0.05, 0) is 42.3 Å². The Hall–Kier alpha value is -2.51. The highest BCUT2D eigenvalue weighted by Gasteiger charge is 2.27. The van der Waals surface area contributed by atoms with Crippen LogP contribution in [0.25, 0.3) is 0 Å². The van der Waals surface area contributed by atoms with Gasteiger partial charge in [-0.1, -0.05) is 25.1 Å². The summed E-state index contributed by atoms with van der Waals surface area (Å²) in [7, 11) is 0. The number of nitrogens with zero attached hydrogens (tertiary/aromatic N) is 4. The highest BCUT2D eigenvalue weighted by atomic mass is 32.1. The molecular formula is C24H27FN4OS. The molecule has 2 aliphatic heterocycles. The van der Waals surface area contributed by atoms with Crippen LogP contribution in [0.5, 0.6) is 11.6 Å². The number of benzene rings is 1. The predicted molar refractivity (Wildman–Crippen MR) is 121 cm³/mol. The largest absolute Gasteiger partial charge is 0.435 e. The molecule has 162 valence electrons. The number of ether oxygens (including phenoxy) is 1. The van der Waals surface area contributed by atoms with Crippen LogP contribution >= 0.6 is 11.3 Å². The first-order valence-electron chi connectivity index (χ1n) is 11.0. The average molecular weight is 439 g/mol. The van der Waals surface area contributed by atoms with Gasteiger partial charge in [-0.25, -0.2) is 9.37 Å². The third-order valence-corrected chi connectivity index (χ3v) is 7.02. The number of fused-ring (bicyclic) bond motifs is 1. The minimum absolute atomic E-state index is 0.206. The Kier molecular flexibility index (Phi) is 5.87. The molecule has 1 fully saturated rings. The van der Waals surface area contributed by atoms with E-state index in [9.17, 15) is 4.39 Å². The van der Waals surface area contributed by atoms with E-state index in [-0.39, 0.29) is 11.6 Å². The Balaban J connectivity index is 1.47. The van der Waals surface area contributed by atoms with Crippen LogP contribution in [0.4, 0.5) is 10.3 Å². The van der Waals surface area contributed by atoms with E-state index in [0.29, 0.717) is 18.4 Å². The molecule has 0 aliphatic carbocycles. The summed E-state index contributed by atoms with van der Waals surface area (Å²) in [4.78, 5) is 15.7. The topological polar surface area (TPSA) is 41.5 Å². The summed E-state index contributed by atoms with van der Waals surface area (Å²) in [5.74, 6) is 1.75. The van der Waals surface area contributed by atoms with Crippen LogP contribution in [0.2, 0.25) is 0 Å². The molecule has 7 heteroatoms. The fraction of sp³-hybridized carbons (Fsp3) is 0.417. The summed E-state index contributed by atoms with van der Waals surface area (Å²) in [5.41, 5.74) is 2.00. The van der Waals surface area contributed by atoms with E-state index in [1.165, 1.54) is 10.9 Å².